The van der Waals surface area contributed by atoms with Crippen molar-refractivity contribution >= 4 is 28.9 Å². The molecule has 1 fully saturated rings. The van der Waals surface area contributed by atoms with Crippen molar-refractivity contribution in [3.05, 3.63) is 53.4 Å². The molecule has 1 aromatic rings. The van der Waals surface area contributed by atoms with Crippen LogP contribution in [-0.2, 0) is 11.0 Å². The molecule has 1 atom stereocenters. The minimum atomic E-state index is -4.74. The van der Waals surface area contributed by atoms with Gasteiger partial charge in [0, 0.05) is 6.20 Å². The third-order valence-electron chi connectivity index (χ3n) is 4.51. The molecule has 0 radical (unpaired) electrons. The Hall–Kier alpha value is -2.90. The first-order chi connectivity index (χ1) is 13.0. The van der Waals surface area contributed by atoms with Crippen molar-refractivity contribution in [2.75, 3.05) is 4.90 Å². The number of carbonyl (C=O) groups excluding carboxylic acids is 1. The molecular formula is C18H16F3N5OS. The average molecular weight is 407 g/mol. The number of dihydropyridines is 1. The van der Waals surface area contributed by atoms with Gasteiger partial charge in [-0.05, 0) is 56.4 Å². The van der Waals surface area contributed by atoms with Crippen molar-refractivity contribution < 1.29 is 18.0 Å². The van der Waals surface area contributed by atoms with Crippen molar-refractivity contribution in [2.24, 2.45) is 5.73 Å². The van der Waals surface area contributed by atoms with Crippen molar-refractivity contribution in [1.29, 1.82) is 5.26 Å². The molecule has 2 heterocycles. The number of benzene rings is 1. The van der Waals surface area contributed by atoms with Crippen LogP contribution >= 0.6 is 12.2 Å². The molecule has 28 heavy (non-hydrogen) atoms. The Labute approximate surface area is 164 Å². The second-order valence-corrected chi connectivity index (χ2v) is 7.14. The smallest absolute Gasteiger partial charge is 0.371 e. The molecule has 10 heteroatoms. The summed E-state index contributed by atoms with van der Waals surface area (Å²) in [7, 11) is 0. The molecule has 6 nitrogen and oxygen atoms in total. The van der Waals surface area contributed by atoms with Gasteiger partial charge in [0.05, 0.1) is 34.7 Å². The monoisotopic (exact) mass is 407 g/mol. The van der Waals surface area contributed by atoms with Gasteiger partial charge < -0.3 is 16.0 Å². The topological polar surface area (TPSA) is 85.4 Å². The van der Waals surface area contributed by atoms with E-state index in [1.165, 1.54) is 12.1 Å². The number of nitrogens with zero attached hydrogens (tertiary/aromatic N) is 3. The van der Waals surface area contributed by atoms with Crippen LogP contribution in [0.3, 0.4) is 0 Å². The molecule has 2 aliphatic heterocycles. The summed E-state index contributed by atoms with van der Waals surface area (Å²) in [4.78, 5) is 15.6. The number of hydrogen-bond donors (Lipinski definition) is 2. The number of allylic oxidation sites excluding steroid dienone is 1. The summed E-state index contributed by atoms with van der Waals surface area (Å²) >= 11 is 5.43. The Morgan fingerprint density at radius 2 is 2.04 bits per heavy atom. The number of nitrogens with one attached hydrogen (secondary N) is 1. The lowest BCUT2D eigenvalue weighted by Crippen LogP contribution is -2.45. The van der Waals surface area contributed by atoms with Crippen molar-refractivity contribution in [3.63, 3.8) is 0 Å². The SMILES string of the molecule is CC1(C)C(=O)N(c2ccc(C#N)c(C(F)(F)F)c2)C(=S)N1C1=CNC(N)C=C1. The van der Waals surface area contributed by atoms with Crippen LogP contribution < -0.4 is 16.0 Å². The zero-order valence-electron chi connectivity index (χ0n) is 14.9. The first-order valence-electron chi connectivity index (χ1n) is 8.18. The Balaban J connectivity index is 2.07. The standard InChI is InChI=1S/C18H16F3N5OS/c1-17(2)15(27)25(16(28)26(17)12-5-6-14(23)24-9-12)11-4-3-10(8-22)13(7-11)18(19,20)21/h3-7,9,14,24H,23H2,1-2H3. The number of alkyl halides is 3. The quantitative estimate of drug-likeness (QED) is 0.733. The molecule has 0 aliphatic carbocycles. The fourth-order valence-electron chi connectivity index (χ4n) is 3.09. The van der Waals surface area contributed by atoms with E-state index in [1.807, 2.05) is 0 Å². The number of hydrogen-bond acceptors (Lipinski definition) is 5. The van der Waals surface area contributed by atoms with Gasteiger partial charge in [0.2, 0.25) is 0 Å². The lowest BCUT2D eigenvalue weighted by atomic mass is 10.0. The lowest BCUT2D eigenvalue weighted by molar-refractivity contribution is -0.137. The Bertz CT molecular complexity index is 961. The third kappa shape index (κ3) is 3.12. The van der Waals surface area contributed by atoms with Crippen LogP contribution in [0.15, 0.2) is 42.2 Å². The molecular weight excluding hydrogens is 391 g/mol. The number of thiocarbonyl (C=S) groups is 1. The highest BCUT2D eigenvalue weighted by Crippen LogP contribution is 2.39. The van der Waals surface area contributed by atoms with Crippen LogP contribution in [-0.4, -0.2) is 27.6 Å². The summed E-state index contributed by atoms with van der Waals surface area (Å²) in [5.74, 6) is -0.487. The highest BCUT2D eigenvalue weighted by molar-refractivity contribution is 7.80. The van der Waals surface area contributed by atoms with Gasteiger partial charge in [-0.3, -0.25) is 9.69 Å². The van der Waals surface area contributed by atoms with Crippen molar-refractivity contribution in [2.45, 2.75) is 31.7 Å². The van der Waals surface area contributed by atoms with Gasteiger partial charge in [-0.25, -0.2) is 0 Å². The summed E-state index contributed by atoms with van der Waals surface area (Å²) in [5.41, 5.74) is 3.44. The molecule has 0 bridgehead atoms. The summed E-state index contributed by atoms with van der Waals surface area (Å²) < 4.78 is 39.9. The number of carbonyl (C=O) groups is 1. The van der Waals surface area contributed by atoms with Crippen molar-refractivity contribution in [3.8, 4) is 6.07 Å². The van der Waals surface area contributed by atoms with Crippen LogP contribution in [0, 0.1) is 11.3 Å². The number of amides is 1. The van der Waals surface area contributed by atoms with Gasteiger partial charge in [-0.15, -0.1) is 0 Å². The maximum atomic E-state index is 13.3. The fourth-order valence-corrected chi connectivity index (χ4v) is 3.61. The summed E-state index contributed by atoms with van der Waals surface area (Å²) in [6.07, 6.45) is -0.177. The van der Waals surface area contributed by atoms with E-state index in [1.54, 1.807) is 37.1 Å². The molecule has 1 aromatic carbocycles. The third-order valence-corrected chi connectivity index (χ3v) is 4.88. The second-order valence-electron chi connectivity index (χ2n) is 6.78. The highest BCUT2D eigenvalue weighted by Gasteiger charge is 2.51. The normalized spacial score (nSPS) is 21.5. The molecule has 1 unspecified atom stereocenters. The van der Waals surface area contributed by atoms with E-state index in [-0.39, 0.29) is 17.0 Å². The van der Waals surface area contributed by atoms with Gasteiger partial charge in [0.25, 0.3) is 5.91 Å². The minimum absolute atomic E-state index is 0.0287. The summed E-state index contributed by atoms with van der Waals surface area (Å²) in [5, 5.41) is 11.9. The van der Waals surface area contributed by atoms with E-state index in [0.717, 1.165) is 17.0 Å². The van der Waals surface area contributed by atoms with Gasteiger partial charge in [0.15, 0.2) is 5.11 Å². The molecule has 3 N–H and O–H groups in total. The zero-order chi connectivity index (χ0) is 20.9. The Kier molecular flexibility index (Phi) is 4.69. The van der Waals surface area contributed by atoms with E-state index in [2.05, 4.69) is 5.32 Å². The van der Waals surface area contributed by atoms with E-state index in [4.69, 9.17) is 23.2 Å². The van der Waals surface area contributed by atoms with Gasteiger partial charge in [-0.2, -0.15) is 18.4 Å². The minimum Gasteiger partial charge on any atom is -0.371 e. The molecule has 0 saturated carbocycles. The molecule has 3 rings (SSSR count). The number of rotatable bonds is 2. The van der Waals surface area contributed by atoms with E-state index >= 15 is 0 Å². The Morgan fingerprint density at radius 3 is 2.57 bits per heavy atom. The zero-order valence-corrected chi connectivity index (χ0v) is 15.7. The van der Waals surface area contributed by atoms with Crippen LogP contribution in [0.5, 0.6) is 0 Å². The predicted octanol–water partition coefficient (Wildman–Crippen LogP) is 2.57. The van der Waals surface area contributed by atoms with Gasteiger partial charge in [0.1, 0.15) is 5.54 Å². The van der Waals surface area contributed by atoms with Crippen LogP contribution in [0.2, 0.25) is 0 Å². The first kappa shape index (κ1) is 19.9. The van der Waals surface area contributed by atoms with Crippen molar-refractivity contribution in [1.82, 2.24) is 10.2 Å². The average Bonchev–Trinajstić information content (AvgIpc) is 2.79. The number of anilines is 1. The van der Waals surface area contributed by atoms with E-state index in [9.17, 15) is 18.0 Å². The molecule has 2 aliphatic rings. The molecule has 146 valence electrons. The lowest BCUT2D eigenvalue weighted by Gasteiger charge is -2.32. The number of nitriles is 1. The maximum Gasteiger partial charge on any atom is 0.417 e. The van der Waals surface area contributed by atoms with Gasteiger partial charge in [-0.1, -0.05) is 0 Å². The van der Waals surface area contributed by atoms with E-state index in [0.29, 0.717) is 5.70 Å². The summed E-state index contributed by atoms with van der Waals surface area (Å²) in [6.45, 7) is 3.25. The number of halogens is 3. The largest absolute Gasteiger partial charge is 0.417 e. The van der Waals surface area contributed by atoms with Crippen LogP contribution in [0.1, 0.15) is 25.0 Å². The van der Waals surface area contributed by atoms with Gasteiger partial charge >= 0.3 is 6.18 Å². The summed E-state index contributed by atoms with van der Waals surface area (Å²) in [6, 6.07) is 4.59. The molecule has 1 amide bonds. The fraction of sp³-hybridized carbons (Fsp3) is 0.278. The predicted molar refractivity (Wildman–Crippen MR) is 100 cm³/mol. The maximum absolute atomic E-state index is 13.3. The first-order valence-corrected chi connectivity index (χ1v) is 8.59. The Morgan fingerprint density at radius 1 is 1.36 bits per heavy atom. The van der Waals surface area contributed by atoms with Crippen LogP contribution in [0.25, 0.3) is 0 Å². The highest BCUT2D eigenvalue weighted by atomic mass is 32.1. The molecule has 1 saturated heterocycles. The molecule has 0 spiro atoms. The van der Waals surface area contributed by atoms with Crippen LogP contribution in [0.4, 0.5) is 18.9 Å². The number of nitrogens with two attached hydrogens (primary N) is 1. The molecule has 0 aromatic heterocycles. The van der Waals surface area contributed by atoms with E-state index < -0.39 is 28.7 Å². The second kappa shape index (κ2) is 6.61.